The molecular weight excluding hydrogens is 552 g/mol. The molecule has 3 heterocycles. The maximum absolute atomic E-state index is 11.9. The first kappa shape index (κ1) is 25.7. The van der Waals surface area contributed by atoms with Gasteiger partial charge in [0.05, 0.1) is 12.0 Å². The Morgan fingerprint density at radius 1 is 0.643 bits per heavy atom. The quantitative estimate of drug-likeness (QED) is 0.158. The molecule has 0 aromatic heterocycles. The number of rotatable bonds is 2. The average Bonchev–Trinajstić information content (AvgIpc) is 2.92. The minimum Gasteiger partial charge on any atom is -0.508 e. The molecule has 1 unspecified atom stereocenters. The summed E-state index contributed by atoms with van der Waals surface area (Å²) in [7, 11) is 0. The fourth-order valence-electron chi connectivity index (χ4n) is 6.09. The predicted octanol–water partition coefficient (Wildman–Crippen LogP) is 2.79. The molecule has 7 rings (SSSR count). The molecule has 12 nitrogen and oxygen atoms in total. The standard InChI is InChI=1S/C30H24O12/c31-13-7-20(37)24-22(8-13)41-30(12-2-4-16(33)19(36)6-12)29(39)26(24)25-23(42-30)10-17(34)14-9-21(38)27(40-28(14)25)11-1-3-15(32)18(35)5-11/h1-8,10,21,26-27,29,31-39H,9H2/t21-,26?,27+,29+,30+/m0/s1. The van der Waals surface area contributed by atoms with E-state index in [-0.39, 0.29) is 63.2 Å². The molecule has 2 bridgehead atoms. The number of phenolic OH excluding ortho intramolecular Hbond substituents is 7. The molecule has 0 fully saturated rings. The zero-order valence-corrected chi connectivity index (χ0v) is 21.5. The first-order chi connectivity index (χ1) is 20.0. The van der Waals surface area contributed by atoms with Crippen molar-refractivity contribution in [1.82, 2.24) is 0 Å². The van der Waals surface area contributed by atoms with Crippen LogP contribution in [-0.4, -0.2) is 58.2 Å². The lowest BCUT2D eigenvalue weighted by molar-refractivity contribution is -0.219. The number of hydrogen-bond acceptors (Lipinski definition) is 12. The van der Waals surface area contributed by atoms with E-state index in [1.54, 1.807) is 0 Å². The van der Waals surface area contributed by atoms with E-state index in [1.165, 1.54) is 42.5 Å². The van der Waals surface area contributed by atoms with Gasteiger partial charge in [0.1, 0.15) is 46.7 Å². The maximum Gasteiger partial charge on any atom is 0.305 e. The number of hydrogen-bond donors (Lipinski definition) is 9. The molecule has 3 aliphatic rings. The number of ether oxygens (including phenoxy) is 3. The summed E-state index contributed by atoms with van der Waals surface area (Å²) < 4.78 is 18.6. The summed E-state index contributed by atoms with van der Waals surface area (Å²) in [5.74, 6) is -6.11. The van der Waals surface area contributed by atoms with E-state index in [1.807, 2.05) is 0 Å². The van der Waals surface area contributed by atoms with Gasteiger partial charge in [-0.15, -0.1) is 0 Å². The summed E-state index contributed by atoms with van der Waals surface area (Å²) in [6.45, 7) is 0. The second kappa shape index (κ2) is 8.65. The van der Waals surface area contributed by atoms with E-state index in [4.69, 9.17) is 14.2 Å². The Morgan fingerprint density at radius 3 is 2.00 bits per heavy atom. The van der Waals surface area contributed by atoms with Crippen molar-refractivity contribution in [3.63, 3.8) is 0 Å². The van der Waals surface area contributed by atoms with Gasteiger partial charge in [0, 0.05) is 46.9 Å². The van der Waals surface area contributed by atoms with Crippen LogP contribution in [0.2, 0.25) is 0 Å². The van der Waals surface area contributed by atoms with Crippen LogP contribution in [0.1, 0.15) is 39.8 Å². The van der Waals surface area contributed by atoms with E-state index >= 15 is 0 Å². The number of benzene rings is 4. The first-order valence-electron chi connectivity index (χ1n) is 12.9. The fourth-order valence-corrected chi connectivity index (χ4v) is 6.09. The van der Waals surface area contributed by atoms with E-state index < -0.39 is 53.0 Å². The Morgan fingerprint density at radius 2 is 1.31 bits per heavy atom. The minimum atomic E-state index is -2.09. The van der Waals surface area contributed by atoms with Crippen LogP contribution in [0.3, 0.4) is 0 Å². The van der Waals surface area contributed by atoms with Crippen LogP contribution in [-0.2, 0) is 12.2 Å². The highest BCUT2D eigenvalue weighted by Crippen LogP contribution is 2.62. The largest absolute Gasteiger partial charge is 0.508 e. The number of phenols is 7. The van der Waals surface area contributed by atoms with Crippen molar-refractivity contribution in [1.29, 1.82) is 0 Å². The maximum atomic E-state index is 11.9. The summed E-state index contributed by atoms with van der Waals surface area (Å²) in [6, 6.07) is 11.1. The second-order valence-corrected chi connectivity index (χ2v) is 10.5. The third-order valence-corrected chi connectivity index (χ3v) is 8.03. The normalized spacial score (nSPS) is 25.2. The van der Waals surface area contributed by atoms with Gasteiger partial charge in [-0.05, 0) is 35.9 Å². The second-order valence-electron chi connectivity index (χ2n) is 10.5. The Bertz CT molecular complexity index is 1790. The van der Waals surface area contributed by atoms with Gasteiger partial charge in [0.2, 0.25) is 0 Å². The molecule has 5 atom stereocenters. The van der Waals surface area contributed by atoms with Crippen molar-refractivity contribution in [2.75, 3.05) is 0 Å². The lowest BCUT2D eigenvalue weighted by atomic mass is 9.74. The van der Waals surface area contributed by atoms with Gasteiger partial charge >= 0.3 is 5.79 Å². The highest BCUT2D eigenvalue weighted by Gasteiger charge is 2.60. The Kier molecular flexibility index (Phi) is 5.30. The molecule has 9 N–H and O–H groups in total. The number of fused-ring (bicyclic) bond motifs is 8. The summed E-state index contributed by atoms with van der Waals surface area (Å²) in [6.07, 6.45) is -4.00. The van der Waals surface area contributed by atoms with Crippen LogP contribution < -0.4 is 14.2 Å². The van der Waals surface area contributed by atoms with Crippen molar-refractivity contribution < 1.29 is 60.2 Å². The lowest BCUT2D eigenvalue weighted by Crippen LogP contribution is -2.57. The highest BCUT2D eigenvalue weighted by atomic mass is 16.7. The monoisotopic (exact) mass is 576 g/mol. The third kappa shape index (κ3) is 3.49. The minimum absolute atomic E-state index is 0.0177. The van der Waals surface area contributed by atoms with Gasteiger partial charge in [-0.3, -0.25) is 0 Å². The van der Waals surface area contributed by atoms with Crippen molar-refractivity contribution >= 4 is 0 Å². The van der Waals surface area contributed by atoms with E-state index in [9.17, 15) is 46.0 Å². The fraction of sp³-hybridized carbons (Fsp3) is 0.200. The zero-order chi connectivity index (χ0) is 29.7. The van der Waals surface area contributed by atoms with Crippen LogP contribution >= 0.6 is 0 Å². The molecule has 0 saturated carbocycles. The van der Waals surface area contributed by atoms with Gasteiger partial charge in [0.25, 0.3) is 0 Å². The topological polar surface area (TPSA) is 210 Å². The van der Waals surface area contributed by atoms with Crippen LogP contribution in [0.15, 0.2) is 54.6 Å². The summed E-state index contributed by atoms with van der Waals surface area (Å²) in [5.41, 5.74) is 0.842. The molecule has 0 aliphatic carbocycles. The average molecular weight is 577 g/mol. The first-order valence-corrected chi connectivity index (χ1v) is 12.9. The summed E-state index contributed by atoms with van der Waals surface area (Å²) in [5, 5.41) is 95.1. The number of aromatic hydroxyl groups is 7. The van der Waals surface area contributed by atoms with E-state index in [0.717, 1.165) is 12.1 Å². The smallest absolute Gasteiger partial charge is 0.305 e. The van der Waals surface area contributed by atoms with Crippen molar-refractivity contribution in [2.45, 2.75) is 36.4 Å². The molecule has 0 radical (unpaired) electrons. The summed E-state index contributed by atoms with van der Waals surface area (Å²) in [4.78, 5) is 0. The van der Waals surface area contributed by atoms with Crippen LogP contribution in [0.4, 0.5) is 0 Å². The van der Waals surface area contributed by atoms with E-state index in [2.05, 4.69) is 0 Å². The van der Waals surface area contributed by atoms with Crippen molar-refractivity contribution in [3.8, 4) is 57.5 Å². The molecular formula is C30H24O12. The molecule has 4 aromatic rings. The van der Waals surface area contributed by atoms with Gasteiger partial charge in [-0.2, -0.15) is 0 Å². The SMILES string of the molecule is Oc1cc(O)c2c(c1)O[C@]1(c3ccc(O)c(O)c3)Oc3cc(O)c4c(c3C2[C@H]1O)O[C@H](c1ccc(O)c(O)c1)[C@@H](O)C4. The molecule has 42 heavy (non-hydrogen) atoms. The van der Waals surface area contributed by atoms with Crippen molar-refractivity contribution in [2.24, 2.45) is 0 Å². The van der Waals surface area contributed by atoms with Gasteiger partial charge in [0.15, 0.2) is 23.0 Å². The predicted molar refractivity (Wildman–Crippen MR) is 141 cm³/mol. The molecule has 0 amide bonds. The summed E-state index contributed by atoms with van der Waals surface area (Å²) >= 11 is 0. The Labute approximate surface area is 236 Å². The zero-order valence-electron chi connectivity index (χ0n) is 21.5. The van der Waals surface area contributed by atoms with Crippen molar-refractivity contribution in [3.05, 3.63) is 82.4 Å². The number of aliphatic hydroxyl groups excluding tert-OH is 2. The highest BCUT2D eigenvalue weighted by molar-refractivity contribution is 5.68. The van der Waals surface area contributed by atoms with Crippen LogP contribution in [0.5, 0.6) is 57.5 Å². The molecule has 0 spiro atoms. The molecule has 12 heteroatoms. The molecule has 4 aromatic carbocycles. The van der Waals surface area contributed by atoms with Crippen LogP contribution in [0.25, 0.3) is 0 Å². The Balaban J connectivity index is 1.47. The molecule has 3 aliphatic heterocycles. The molecule has 216 valence electrons. The number of aliphatic hydroxyl groups is 2. The Hall–Kier alpha value is -5.20. The van der Waals surface area contributed by atoms with Gasteiger partial charge in [-0.25, -0.2) is 0 Å². The molecule has 0 saturated heterocycles. The third-order valence-electron chi connectivity index (χ3n) is 8.03. The van der Waals surface area contributed by atoms with Gasteiger partial charge in [-0.1, -0.05) is 6.07 Å². The lowest BCUT2D eigenvalue weighted by Gasteiger charge is -2.50. The van der Waals surface area contributed by atoms with Crippen LogP contribution in [0, 0.1) is 0 Å². The van der Waals surface area contributed by atoms with E-state index in [0.29, 0.717) is 5.56 Å². The van der Waals surface area contributed by atoms with Gasteiger partial charge < -0.3 is 60.2 Å².